The Bertz CT molecular complexity index is 960. The average molecular weight is 383 g/mol. The summed E-state index contributed by atoms with van der Waals surface area (Å²) in [5.41, 5.74) is 1.78. The highest BCUT2D eigenvalue weighted by Gasteiger charge is 2.26. The Labute approximate surface area is 163 Å². The molecule has 6 heteroatoms. The van der Waals surface area contributed by atoms with Crippen LogP contribution in [0.15, 0.2) is 42.7 Å². The predicted octanol–water partition coefficient (Wildman–Crippen LogP) is 4.30. The maximum atomic E-state index is 11.8. The molecule has 1 aromatic carbocycles. The van der Waals surface area contributed by atoms with Crippen molar-refractivity contribution in [1.82, 2.24) is 19.9 Å². The maximum Gasteiger partial charge on any atom is 0.222 e. The van der Waals surface area contributed by atoms with Crippen LogP contribution in [0.2, 0.25) is 5.02 Å². The zero-order valence-corrected chi connectivity index (χ0v) is 16.1. The van der Waals surface area contributed by atoms with E-state index in [1.165, 1.54) is 0 Å². The Hall–Kier alpha value is -2.40. The molecule has 2 aromatic heterocycles. The lowest BCUT2D eigenvalue weighted by molar-refractivity contribution is -0.125. The van der Waals surface area contributed by atoms with Crippen molar-refractivity contribution in [3.8, 4) is 11.5 Å². The third-order valence-corrected chi connectivity index (χ3v) is 5.75. The summed E-state index contributed by atoms with van der Waals surface area (Å²) in [4.78, 5) is 21.1. The number of rotatable bonds is 4. The molecule has 4 rings (SSSR count). The van der Waals surface area contributed by atoms with Gasteiger partial charge in [-0.3, -0.25) is 4.79 Å². The zero-order chi connectivity index (χ0) is 18.8. The molecule has 0 aliphatic heterocycles. The van der Waals surface area contributed by atoms with Gasteiger partial charge in [0.05, 0.1) is 5.52 Å². The Morgan fingerprint density at radius 1 is 1.22 bits per heavy atom. The minimum Gasteiger partial charge on any atom is -0.359 e. The molecule has 1 amide bonds. The van der Waals surface area contributed by atoms with Crippen molar-refractivity contribution < 1.29 is 4.79 Å². The van der Waals surface area contributed by atoms with Gasteiger partial charge in [0.2, 0.25) is 5.91 Å². The number of halogens is 1. The Morgan fingerprint density at radius 3 is 2.81 bits per heavy atom. The number of hydrogen-bond donors (Lipinski definition) is 1. The van der Waals surface area contributed by atoms with Crippen LogP contribution in [0.5, 0.6) is 0 Å². The number of hydrogen-bond acceptors (Lipinski definition) is 3. The zero-order valence-electron chi connectivity index (χ0n) is 15.4. The Kier molecular flexibility index (Phi) is 5.12. The monoisotopic (exact) mass is 382 g/mol. The molecule has 5 nitrogen and oxygen atoms in total. The van der Waals surface area contributed by atoms with Crippen molar-refractivity contribution in [3.63, 3.8) is 0 Å². The van der Waals surface area contributed by atoms with Gasteiger partial charge in [-0.2, -0.15) is 0 Å². The highest BCUT2D eigenvalue weighted by Crippen LogP contribution is 2.31. The third-order valence-electron chi connectivity index (χ3n) is 5.51. The SMILES string of the molecule is CNC(=O)C1CCC(Cn2ccnc2-c2ccc3cc(Cl)ccc3n2)CC1. The van der Waals surface area contributed by atoms with E-state index in [4.69, 9.17) is 16.6 Å². The second kappa shape index (κ2) is 7.69. The quantitative estimate of drug-likeness (QED) is 0.731. The highest BCUT2D eigenvalue weighted by molar-refractivity contribution is 6.31. The molecule has 140 valence electrons. The molecule has 0 unspecified atom stereocenters. The van der Waals surface area contributed by atoms with Crippen molar-refractivity contribution >= 4 is 28.4 Å². The van der Waals surface area contributed by atoms with Crippen molar-refractivity contribution in [2.75, 3.05) is 7.05 Å². The molecule has 1 saturated carbocycles. The van der Waals surface area contributed by atoms with Gasteiger partial charge >= 0.3 is 0 Å². The van der Waals surface area contributed by atoms with Gasteiger partial charge in [-0.25, -0.2) is 9.97 Å². The van der Waals surface area contributed by atoms with Crippen molar-refractivity contribution in [2.24, 2.45) is 11.8 Å². The van der Waals surface area contributed by atoms with Crippen LogP contribution in [0.4, 0.5) is 0 Å². The molecule has 3 aromatic rings. The van der Waals surface area contributed by atoms with Gasteiger partial charge in [0, 0.05) is 42.3 Å². The van der Waals surface area contributed by atoms with Crippen LogP contribution < -0.4 is 5.32 Å². The lowest BCUT2D eigenvalue weighted by Gasteiger charge is -2.28. The van der Waals surface area contributed by atoms with Crippen molar-refractivity contribution in [1.29, 1.82) is 0 Å². The second-order valence-corrected chi connectivity index (χ2v) is 7.71. The number of pyridine rings is 1. The van der Waals surface area contributed by atoms with Crippen LogP contribution in [-0.4, -0.2) is 27.5 Å². The standard InChI is InChI=1S/C21H23ClN4O/c1-23-21(27)15-4-2-14(3-5-15)13-26-11-10-24-20(26)19-8-6-16-12-17(22)7-9-18(16)25-19/h6-12,14-15H,2-5,13H2,1H3,(H,23,27). The summed E-state index contributed by atoms with van der Waals surface area (Å²) in [5.74, 6) is 1.80. The first-order valence-electron chi connectivity index (χ1n) is 9.43. The van der Waals surface area contributed by atoms with Gasteiger partial charge in [0.15, 0.2) is 5.82 Å². The van der Waals surface area contributed by atoms with Gasteiger partial charge in [0.1, 0.15) is 5.69 Å². The van der Waals surface area contributed by atoms with E-state index in [1.807, 2.05) is 42.7 Å². The molecule has 0 atom stereocenters. The molecule has 0 bridgehead atoms. The summed E-state index contributed by atoms with van der Waals surface area (Å²) in [6.45, 7) is 0.913. The van der Waals surface area contributed by atoms with Gasteiger partial charge in [-0.05, 0) is 55.9 Å². The molecular weight excluding hydrogens is 360 g/mol. The Morgan fingerprint density at radius 2 is 2.04 bits per heavy atom. The van der Waals surface area contributed by atoms with Crippen LogP contribution in [0.1, 0.15) is 25.7 Å². The Balaban J connectivity index is 1.50. The molecule has 0 radical (unpaired) electrons. The van der Waals surface area contributed by atoms with Crippen LogP contribution in [-0.2, 0) is 11.3 Å². The van der Waals surface area contributed by atoms with Crippen molar-refractivity contribution in [3.05, 3.63) is 47.7 Å². The van der Waals surface area contributed by atoms with E-state index < -0.39 is 0 Å². The molecule has 27 heavy (non-hydrogen) atoms. The first-order valence-corrected chi connectivity index (χ1v) is 9.81. The van der Waals surface area contributed by atoms with E-state index in [2.05, 4.69) is 14.9 Å². The number of carbonyl (C=O) groups excluding carboxylic acids is 1. The first-order chi connectivity index (χ1) is 13.1. The summed E-state index contributed by atoms with van der Waals surface area (Å²) in [6, 6.07) is 9.76. The summed E-state index contributed by atoms with van der Waals surface area (Å²) >= 11 is 6.06. The lowest BCUT2D eigenvalue weighted by atomic mass is 9.81. The smallest absolute Gasteiger partial charge is 0.222 e. The number of benzene rings is 1. The highest BCUT2D eigenvalue weighted by atomic mass is 35.5. The molecule has 0 saturated heterocycles. The fourth-order valence-corrected chi connectivity index (χ4v) is 4.18. The van der Waals surface area contributed by atoms with Crippen LogP contribution in [0.25, 0.3) is 22.4 Å². The number of imidazole rings is 1. The van der Waals surface area contributed by atoms with Crippen LogP contribution in [0, 0.1) is 11.8 Å². The summed E-state index contributed by atoms with van der Waals surface area (Å²) < 4.78 is 2.19. The van der Waals surface area contributed by atoms with E-state index >= 15 is 0 Å². The minimum absolute atomic E-state index is 0.169. The fraction of sp³-hybridized carbons (Fsp3) is 0.381. The lowest BCUT2D eigenvalue weighted by Crippen LogP contribution is -2.31. The minimum atomic E-state index is 0.169. The summed E-state index contributed by atoms with van der Waals surface area (Å²) in [7, 11) is 1.72. The van der Waals surface area contributed by atoms with E-state index in [9.17, 15) is 4.79 Å². The number of nitrogens with one attached hydrogen (secondary N) is 1. The number of amides is 1. The van der Waals surface area contributed by atoms with Crippen LogP contribution >= 0.6 is 11.6 Å². The first kappa shape index (κ1) is 18.0. The van der Waals surface area contributed by atoms with E-state index in [0.717, 1.165) is 54.6 Å². The average Bonchev–Trinajstić information content (AvgIpc) is 3.15. The molecule has 1 aliphatic carbocycles. The predicted molar refractivity (Wildman–Crippen MR) is 107 cm³/mol. The van der Waals surface area contributed by atoms with E-state index in [0.29, 0.717) is 10.9 Å². The summed E-state index contributed by atoms with van der Waals surface area (Å²) in [5, 5.41) is 4.51. The molecule has 1 fully saturated rings. The summed E-state index contributed by atoms with van der Waals surface area (Å²) in [6.07, 6.45) is 7.92. The normalized spacial score (nSPS) is 19.9. The molecule has 2 heterocycles. The topological polar surface area (TPSA) is 59.8 Å². The second-order valence-electron chi connectivity index (χ2n) is 7.27. The number of nitrogens with zero attached hydrogens (tertiary/aromatic N) is 3. The van der Waals surface area contributed by atoms with Crippen LogP contribution in [0.3, 0.4) is 0 Å². The van der Waals surface area contributed by atoms with Gasteiger partial charge in [-0.15, -0.1) is 0 Å². The van der Waals surface area contributed by atoms with Gasteiger partial charge < -0.3 is 9.88 Å². The van der Waals surface area contributed by atoms with Gasteiger partial charge in [0.25, 0.3) is 0 Å². The molecular formula is C21H23ClN4O. The number of carbonyl (C=O) groups is 1. The fourth-order valence-electron chi connectivity index (χ4n) is 4.00. The number of fused-ring (bicyclic) bond motifs is 1. The van der Waals surface area contributed by atoms with Crippen molar-refractivity contribution in [2.45, 2.75) is 32.2 Å². The molecule has 0 spiro atoms. The van der Waals surface area contributed by atoms with E-state index in [-0.39, 0.29) is 11.8 Å². The number of aromatic nitrogens is 3. The van der Waals surface area contributed by atoms with E-state index in [1.54, 1.807) is 7.05 Å². The maximum absolute atomic E-state index is 11.8. The third kappa shape index (κ3) is 3.83. The molecule has 1 N–H and O–H groups in total. The largest absolute Gasteiger partial charge is 0.359 e. The molecule has 1 aliphatic rings. The van der Waals surface area contributed by atoms with Gasteiger partial charge in [-0.1, -0.05) is 17.7 Å².